The van der Waals surface area contributed by atoms with Gasteiger partial charge in [0, 0.05) is 39.1 Å². The number of aryl methyl sites for hydroxylation is 1. The summed E-state index contributed by atoms with van der Waals surface area (Å²) < 4.78 is 5.39. The topological polar surface area (TPSA) is 32.8 Å². The van der Waals surface area contributed by atoms with Crippen LogP contribution in [0.15, 0.2) is 18.2 Å². The minimum atomic E-state index is 0.195. The average molecular weight is 288 g/mol. The molecule has 0 aromatic heterocycles. The Hall–Kier alpha value is -1.55. The second kappa shape index (κ2) is 6.06. The lowest BCUT2D eigenvalue weighted by molar-refractivity contribution is -0.130. The summed E-state index contributed by atoms with van der Waals surface area (Å²) in [5.41, 5.74) is 2.89. The van der Waals surface area contributed by atoms with Gasteiger partial charge < -0.3 is 9.64 Å². The molecule has 0 radical (unpaired) electrons. The third-order valence-electron chi connectivity index (χ3n) is 4.84. The van der Waals surface area contributed by atoms with Gasteiger partial charge in [-0.1, -0.05) is 6.07 Å². The van der Waals surface area contributed by atoms with Crippen molar-refractivity contribution in [3.05, 3.63) is 29.3 Å². The molecule has 1 heterocycles. The van der Waals surface area contributed by atoms with Crippen molar-refractivity contribution in [3.63, 3.8) is 0 Å². The van der Waals surface area contributed by atoms with E-state index in [9.17, 15) is 4.79 Å². The molecule has 1 aromatic rings. The predicted molar refractivity (Wildman–Crippen MR) is 82.5 cm³/mol. The largest absolute Gasteiger partial charge is 0.497 e. The number of hydrogen-bond donors (Lipinski definition) is 0. The summed E-state index contributed by atoms with van der Waals surface area (Å²) in [6.45, 7) is 5.31. The second-order valence-corrected chi connectivity index (χ2v) is 6.01. The molecular formula is C17H24N2O2. The number of benzene rings is 1. The Morgan fingerprint density at radius 1 is 1.24 bits per heavy atom. The SMILES string of the molecule is COc1ccc2c(c1)C(N1CCN(C(C)=O)CC1)CCC2. The molecule has 0 spiro atoms. The summed E-state index contributed by atoms with van der Waals surface area (Å²) >= 11 is 0. The monoisotopic (exact) mass is 288 g/mol. The third kappa shape index (κ3) is 2.91. The predicted octanol–water partition coefficient (Wildman–Crippen LogP) is 2.24. The molecule has 1 aromatic carbocycles. The zero-order valence-electron chi connectivity index (χ0n) is 13.0. The summed E-state index contributed by atoms with van der Waals surface area (Å²) in [5.74, 6) is 1.14. The molecule has 21 heavy (non-hydrogen) atoms. The molecule has 1 aliphatic carbocycles. The van der Waals surface area contributed by atoms with Gasteiger partial charge in [-0.25, -0.2) is 0 Å². The van der Waals surface area contributed by atoms with Crippen LogP contribution >= 0.6 is 0 Å². The van der Waals surface area contributed by atoms with Crippen LogP contribution in [0.5, 0.6) is 5.75 Å². The average Bonchev–Trinajstić information content (AvgIpc) is 2.54. The van der Waals surface area contributed by atoms with Crippen LogP contribution in [0.1, 0.15) is 36.9 Å². The Morgan fingerprint density at radius 3 is 2.67 bits per heavy atom. The van der Waals surface area contributed by atoms with Crippen molar-refractivity contribution in [1.29, 1.82) is 0 Å². The Balaban J connectivity index is 1.77. The van der Waals surface area contributed by atoms with Crippen molar-refractivity contribution in [1.82, 2.24) is 9.80 Å². The first-order valence-corrected chi connectivity index (χ1v) is 7.85. The van der Waals surface area contributed by atoms with E-state index >= 15 is 0 Å². The lowest BCUT2D eigenvalue weighted by atomic mass is 9.86. The third-order valence-corrected chi connectivity index (χ3v) is 4.84. The van der Waals surface area contributed by atoms with Crippen molar-refractivity contribution in [2.75, 3.05) is 33.3 Å². The zero-order valence-corrected chi connectivity index (χ0v) is 13.0. The van der Waals surface area contributed by atoms with Crippen LogP contribution < -0.4 is 4.74 Å². The van der Waals surface area contributed by atoms with E-state index in [1.165, 1.54) is 30.4 Å². The number of nitrogens with zero attached hydrogens (tertiary/aromatic N) is 2. The lowest BCUT2D eigenvalue weighted by Crippen LogP contribution is -2.49. The van der Waals surface area contributed by atoms with Gasteiger partial charge >= 0.3 is 0 Å². The van der Waals surface area contributed by atoms with Crippen LogP contribution in [0.2, 0.25) is 0 Å². The normalized spacial score (nSPS) is 22.8. The molecule has 1 atom stereocenters. The maximum absolute atomic E-state index is 11.5. The molecule has 1 saturated heterocycles. The first kappa shape index (κ1) is 14.4. The van der Waals surface area contributed by atoms with Crippen LogP contribution in [0, 0.1) is 0 Å². The fourth-order valence-electron chi connectivity index (χ4n) is 3.61. The van der Waals surface area contributed by atoms with E-state index in [0.717, 1.165) is 31.9 Å². The molecule has 0 saturated carbocycles. The number of ether oxygens (including phenoxy) is 1. The highest BCUT2D eigenvalue weighted by molar-refractivity contribution is 5.73. The van der Waals surface area contributed by atoms with E-state index in [1.54, 1.807) is 14.0 Å². The highest BCUT2D eigenvalue weighted by Crippen LogP contribution is 2.36. The van der Waals surface area contributed by atoms with Gasteiger partial charge in [-0.15, -0.1) is 0 Å². The fraction of sp³-hybridized carbons (Fsp3) is 0.588. The van der Waals surface area contributed by atoms with Gasteiger partial charge in [0.15, 0.2) is 0 Å². The number of carbonyl (C=O) groups is 1. The Labute approximate surface area is 126 Å². The van der Waals surface area contributed by atoms with Crippen LogP contribution in [0.25, 0.3) is 0 Å². The Bertz CT molecular complexity index is 522. The maximum atomic E-state index is 11.5. The van der Waals surface area contributed by atoms with Crippen molar-refractivity contribution in [2.24, 2.45) is 0 Å². The van der Waals surface area contributed by atoms with Crippen molar-refractivity contribution in [2.45, 2.75) is 32.2 Å². The lowest BCUT2D eigenvalue weighted by Gasteiger charge is -2.41. The van der Waals surface area contributed by atoms with E-state index < -0.39 is 0 Å². The number of hydrogen-bond acceptors (Lipinski definition) is 3. The minimum Gasteiger partial charge on any atom is -0.497 e. The smallest absolute Gasteiger partial charge is 0.219 e. The summed E-state index contributed by atoms with van der Waals surface area (Å²) in [5, 5.41) is 0. The molecule has 0 N–H and O–H groups in total. The quantitative estimate of drug-likeness (QED) is 0.836. The molecule has 1 amide bonds. The maximum Gasteiger partial charge on any atom is 0.219 e. The van der Waals surface area contributed by atoms with E-state index in [-0.39, 0.29) is 5.91 Å². The fourth-order valence-corrected chi connectivity index (χ4v) is 3.61. The number of fused-ring (bicyclic) bond motifs is 1. The number of piperazine rings is 1. The molecule has 1 unspecified atom stereocenters. The molecular weight excluding hydrogens is 264 g/mol. The van der Waals surface area contributed by atoms with E-state index in [2.05, 4.69) is 23.1 Å². The van der Waals surface area contributed by atoms with Gasteiger partial charge in [0.2, 0.25) is 5.91 Å². The standard InChI is InChI=1S/C17H24N2O2/c1-13(20)18-8-10-19(11-9-18)17-5-3-4-14-6-7-15(21-2)12-16(14)17/h6-7,12,17H,3-5,8-11H2,1-2H3. The Morgan fingerprint density at radius 2 is 2.00 bits per heavy atom. The molecule has 0 bridgehead atoms. The zero-order chi connectivity index (χ0) is 14.8. The van der Waals surface area contributed by atoms with Gasteiger partial charge in [0.25, 0.3) is 0 Å². The van der Waals surface area contributed by atoms with Gasteiger partial charge in [-0.2, -0.15) is 0 Å². The Kier molecular flexibility index (Phi) is 4.15. The second-order valence-electron chi connectivity index (χ2n) is 6.01. The van der Waals surface area contributed by atoms with Gasteiger partial charge in [-0.3, -0.25) is 9.69 Å². The highest BCUT2D eigenvalue weighted by Gasteiger charge is 2.29. The molecule has 1 fully saturated rings. The minimum absolute atomic E-state index is 0.195. The number of rotatable bonds is 2. The van der Waals surface area contributed by atoms with Crippen LogP contribution in [0.3, 0.4) is 0 Å². The van der Waals surface area contributed by atoms with E-state index in [0.29, 0.717) is 6.04 Å². The summed E-state index contributed by atoms with van der Waals surface area (Å²) in [6.07, 6.45) is 3.63. The van der Waals surface area contributed by atoms with Crippen LogP contribution in [-0.2, 0) is 11.2 Å². The van der Waals surface area contributed by atoms with Crippen molar-refractivity contribution in [3.8, 4) is 5.75 Å². The van der Waals surface area contributed by atoms with E-state index in [1.807, 2.05) is 4.90 Å². The van der Waals surface area contributed by atoms with Crippen LogP contribution in [-0.4, -0.2) is 49.0 Å². The first-order chi connectivity index (χ1) is 10.2. The molecule has 114 valence electrons. The number of carbonyl (C=O) groups excluding carboxylic acids is 1. The van der Waals surface area contributed by atoms with Crippen LogP contribution in [0.4, 0.5) is 0 Å². The summed E-state index contributed by atoms with van der Waals surface area (Å²) in [6, 6.07) is 6.97. The van der Waals surface area contributed by atoms with Gasteiger partial charge in [0.1, 0.15) is 5.75 Å². The molecule has 2 aliphatic rings. The van der Waals surface area contributed by atoms with Crippen molar-refractivity contribution >= 4 is 5.91 Å². The molecule has 4 nitrogen and oxygen atoms in total. The summed E-state index contributed by atoms with van der Waals surface area (Å²) in [4.78, 5) is 15.9. The molecule has 1 aliphatic heterocycles. The summed E-state index contributed by atoms with van der Waals surface area (Å²) in [7, 11) is 1.73. The first-order valence-electron chi connectivity index (χ1n) is 7.85. The molecule has 4 heteroatoms. The number of methoxy groups -OCH3 is 1. The highest BCUT2D eigenvalue weighted by atomic mass is 16.5. The van der Waals surface area contributed by atoms with E-state index in [4.69, 9.17) is 4.74 Å². The van der Waals surface area contributed by atoms with Gasteiger partial charge in [-0.05, 0) is 42.5 Å². The van der Waals surface area contributed by atoms with Gasteiger partial charge in [0.05, 0.1) is 7.11 Å². The number of amides is 1. The van der Waals surface area contributed by atoms with Crippen molar-refractivity contribution < 1.29 is 9.53 Å². The molecule has 3 rings (SSSR count).